The Morgan fingerprint density at radius 3 is 2.73 bits per heavy atom. The third-order valence-electron chi connectivity index (χ3n) is 4.64. The van der Waals surface area contributed by atoms with Gasteiger partial charge in [0, 0.05) is 11.5 Å². The van der Waals surface area contributed by atoms with E-state index in [9.17, 15) is 24.3 Å². The molecule has 2 aromatic heterocycles. The van der Waals surface area contributed by atoms with Crippen LogP contribution in [-0.2, 0) is 20.9 Å². The van der Waals surface area contributed by atoms with Gasteiger partial charge >= 0.3 is 17.6 Å². The molecule has 0 radical (unpaired) electrons. The third-order valence-corrected chi connectivity index (χ3v) is 7.01. The molecule has 14 heteroatoms. The summed E-state index contributed by atoms with van der Waals surface area (Å²) in [7, 11) is 0. The number of thioether (sulfide) groups is 2. The molecule has 2 aromatic rings. The molecule has 30 heavy (non-hydrogen) atoms. The molecule has 1 amide bonds. The van der Waals surface area contributed by atoms with Crippen molar-refractivity contribution < 1.29 is 24.6 Å². The lowest BCUT2D eigenvalue weighted by atomic mass is 10.0. The average molecular weight is 452 g/mol. The Kier molecular flexibility index (Phi) is 5.29. The van der Waals surface area contributed by atoms with Gasteiger partial charge in [-0.3, -0.25) is 14.5 Å². The molecule has 2 aliphatic rings. The van der Waals surface area contributed by atoms with Crippen molar-refractivity contribution in [2.24, 2.45) is 5.73 Å². The summed E-state index contributed by atoms with van der Waals surface area (Å²) in [5.74, 6) is -1.95. The molecule has 12 nitrogen and oxygen atoms in total. The van der Waals surface area contributed by atoms with Crippen molar-refractivity contribution in [1.29, 1.82) is 0 Å². The fraction of sp³-hybridized carbons (Fsp3) is 0.375. The van der Waals surface area contributed by atoms with E-state index in [0.29, 0.717) is 16.4 Å². The molecule has 1 unspecified atom stereocenters. The summed E-state index contributed by atoms with van der Waals surface area (Å²) in [6, 6.07) is 2.52. The molecular formula is C16H16N6O6S2. The Bertz CT molecular complexity index is 1160. The van der Waals surface area contributed by atoms with Gasteiger partial charge in [0.2, 0.25) is 5.91 Å². The smallest absolute Gasteiger partial charge is 0.367 e. The van der Waals surface area contributed by atoms with Crippen LogP contribution in [0.15, 0.2) is 33.2 Å². The number of hydrogen-bond donors (Lipinski definition) is 3. The van der Waals surface area contributed by atoms with Crippen LogP contribution in [-0.4, -0.2) is 75.3 Å². The number of amides is 1. The predicted octanol–water partition coefficient (Wildman–Crippen LogP) is -0.961. The largest absolute Gasteiger partial charge is 0.481 e. The molecule has 4 rings (SSSR count). The normalized spacial score (nSPS) is 21.0. The van der Waals surface area contributed by atoms with Crippen molar-refractivity contribution in [1.82, 2.24) is 24.3 Å². The molecule has 158 valence electrons. The van der Waals surface area contributed by atoms with Crippen LogP contribution < -0.4 is 11.4 Å². The van der Waals surface area contributed by atoms with Crippen LogP contribution in [0, 0.1) is 0 Å². The predicted molar refractivity (Wildman–Crippen MR) is 106 cm³/mol. The molecule has 1 fully saturated rings. The van der Waals surface area contributed by atoms with E-state index in [4.69, 9.17) is 10.8 Å². The standard InChI is InChI=1S/C16H16N6O6S2/c17-11-13(25)21-12(15(26)27)7(6-30-14(11)21)5-29-9-2-1-8-18-20(4-3-10(23)24)16(28)22(8)19-9/h1-2,11,14H,3-6,17H2,(H,23,24)(H,26,27)/t11?,14-/m1/s1. The molecule has 0 saturated carbocycles. The molecule has 2 aliphatic heterocycles. The van der Waals surface area contributed by atoms with Gasteiger partial charge in [-0.25, -0.2) is 14.3 Å². The SMILES string of the molecule is NC1C(=O)N2C(C(=O)O)=C(CSc3ccc4nn(CCC(=O)O)c(=O)n4n3)CS[C@H]12. The number of fused-ring (bicyclic) bond motifs is 2. The van der Waals surface area contributed by atoms with Crippen LogP contribution in [0.4, 0.5) is 0 Å². The maximum absolute atomic E-state index is 12.3. The molecule has 0 aromatic carbocycles. The highest BCUT2D eigenvalue weighted by Crippen LogP contribution is 2.40. The number of carbonyl (C=O) groups excluding carboxylic acids is 1. The van der Waals surface area contributed by atoms with Crippen molar-refractivity contribution in [3.05, 3.63) is 33.9 Å². The zero-order valence-electron chi connectivity index (χ0n) is 15.3. The fourth-order valence-electron chi connectivity index (χ4n) is 3.17. The lowest BCUT2D eigenvalue weighted by Crippen LogP contribution is -2.68. The van der Waals surface area contributed by atoms with Crippen molar-refractivity contribution in [3.63, 3.8) is 0 Å². The lowest BCUT2D eigenvalue weighted by Gasteiger charge is -2.48. The van der Waals surface area contributed by atoms with Gasteiger partial charge in [0.15, 0.2) is 5.65 Å². The minimum absolute atomic E-state index is 0.0438. The second-order valence-corrected chi connectivity index (χ2v) is 8.67. The van der Waals surface area contributed by atoms with E-state index in [1.165, 1.54) is 28.4 Å². The van der Waals surface area contributed by atoms with Crippen molar-refractivity contribution >= 4 is 47.0 Å². The van der Waals surface area contributed by atoms with Crippen LogP contribution in [0.1, 0.15) is 6.42 Å². The number of carboxylic acid groups (broad SMARTS) is 2. The van der Waals surface area contributed by atoms with E-state index in [-0.39, 0.29) is 35.4 Å². The Balaban J connectivity index is 1.55. The Hall–Kier alpha value is -2.84. The quantitative estimate of drug-likeness (QED) is 0.349. The Morgan fingerprint density at radius 2 is 2.03 bits per heavy atom. The van der Waals surface area contributed by atoms with E-state index in [0.717, 1.165) is 9.20 Å². The highest BCUT2D eigenvalue weighted by molar-refractivity contribution is 8.01. The van der Waals surface area contributed by atoms with E-state index >= 15 is 0 Å². The molecule has 2 atom stereocenters. The van der Waals surface area contributed by atoms with Gasteiger partial charge in [-0.15, -0.1) is 28.6 Å². The number of carbonyl (C=O) groups is 3. The van der Waals surface area contributed by atoms with Crippen LogP contribution in [0.5, 0.6) is 0 Å². The Morgan fingerprint density at radius 1 is 1.27 bits per heavy atom. The minimum atomic E-state index is -1.18. The zero-order chi connectivity index (χ0) is 21.6. The second kappa shape index (κ2) is 7.77. The van der Waals surface area contributed by atoms with Crippen molar-refractivity contribution in [2.75, 3.05) is 11.5 Å². The maximum atomic E-state index is 12.3. The molecule has 0 aliphatic carbocycles. The summed E-state index contributed by atoms with van der Waals surface area (Å²) >= 11 is 2.64. The first-order chi connectivity index (χ1) is 14.3. The van der Waals surface area contributed by atoms with Gasteiger partial charge in [0.05, 0.1) is 13.0 Å². The molecular weight excluding hydrogens is 436 g/mol. The van der Waals surface area contributed by atoms with Crippen molar-refractivity contribution in [2.45, 2.75) is 29.4 Å². The van der Waals surface area contributed by atoms with Gasteiger partial charge in [-0.1, -0.05) is 0 Å². The van der Waals surface area contributed by atoms with E-state index in [2.05, 4.69) is 10.2 Å². The van der Waals surface area contributed by atoms with Gasteiger partial charge in [0.1, 0.15) is 22.1 Å². The van der Waals surface area contributed by atoms with Crippen molar-refractivity contribution in [3.8, 4) is 0 Å². The zero-order valence-corrected chi connectivity index (χ0v) is 16.9. The number of hydrogen-bond acceptors (Lipinski definition) is 9. The molecule has 4 heterocycles. The van der Waals surface area contributed by atoms with Crippen LogP contribution in [0.3, 0.4) is 0 Å². The molecule has 1 saturated heterocycles. The van der Waals surface area contributed by atoms with E-state index < -0.39 is 29.6 Å². The summed E-state index contributed by atoms with van der Waals surface area (Å²) in [5, 5.41) is 26.7. The van der Waals surface area contributed by atoms with Crippen LogP contribution in [0.2, 0.25) is 0 Å². The first-order valence-corrected chi connectivity index (χ1v) is 10.8. The number of carboxylic acids is 2. The number of nitrogens with zero attached hydrogens (tertiary/aromatic N) is 5. The first-order valence-electron chi connectivity index (χ1n) is 8.75. The first kappa shape index (κ1) is 20.4. The van der Waals surface area contributed by atoms with Crippen LogP contribution in [0.25, 0.3) is 5.65 Å². The molecule has 0 spiro atoms. The van der Waals surface area contributed by atoms with Gasteiger partial charge < -0.3 is 15.9 Å². The summed E-state index contributed by atoms with van der Waals surface area (Å²) in [6.07, 6.45) is -0.241. The van der Waals surface area contributed by atoms with Gasteiger partial charge in [-0.05, 0) is 17.7 Å². The Labute approximate surface area is 176 Å². The third kappa shape index (κ3) is 3.46. The van der Waals surface area contributed by atoms with Gasteiger partial charge in [-0.2, -0.15) is 9.61 Å². The number of rotatable bonds is 7. The topological polar surface area (TPSA) is 173 Å². The highest BCUT2D eigenvalue weighted by Gasteiger charge is 2.51. The number of nitrogens with two attached hydrogens (primary N) is 1. The monoisotopic (exact) mass is 452 g/mol. The lowest BCUT2D eigenvalue weighted by molar-refractivity contribution is -0.147. The summed E-state index contributed by atoms with van der Waals surface area (Å²) in [4.78, 5) is 48.0. The molecule has 0 bridgehead atoms. The fourth-order valence-corrected chi connectivity index (χ4v) is 5.45. The van der Waals surface area contributed by atoms with E-state index in [1.807, 2.05) is 0 Å². The number of aryl methyl sites for hydroxylation is 1. The van der Waals surface area contributed by atoms with Gasteiger partial charge in [0.25, 0.3) is 0 Å². The number of aromatic nitrogens is 4. The maximum Gasteiger partial charge on any atom is 0.367 e. The second-order valence-electron chi connectivity index (χ2n) is 6.57. The summed E-state index contributed by atoms with van der Waals surface area (Å²) in [5.41, 5.74) is 5.98. The highest BCUT2D eigenvalue weighted by atomic mass is 32.2. The average Bonchev–Trinajstić information content (AvgIpc) is 3.04. The summed E-state index contributed by atoms with van der Waals surface area (Å²) < 4.78 is 2.10. The van der Waals surface area contributed by atoms with E-state index in [1.54, 1.807) is 12.1 Å². The number of aliphatic carboxylic acids is 2. The molecule has 4 N–H and O–H groups in total. The number of β-lactam (4-membered cyclic amide) rings is 1. The summed E-state index contributed by atoms with van der Waals surface area (Å²) in [6.45, 7) is -0.0702. The van der Waals surface area contributed by atoms with Crippen LogP contribution >= 0.6 is 23.5 Å². The minimum Gasteiger partial charge on any atom is -0.481 e.